The molecule has 0 saturated heterocycles. The second-order valence-electron chi connectivity index (χ2n) is 9.55. The quantitative estimate of drug-likeness (QED) is 0.124. The Hall–Kier alpha value is -2.21. The van der Waals surface area contributed by atoms with E-state index in [1.165, 1.54) is 71.7 Å². The first kappa shape index (κ1) is 25.9. The van der Waals surface area contributed by atoms with Crippen LogP contribution >= 0.6 is 20.8 Å². The Bertz CT molecular complexity index is 1050. The molecule has 0 fully saturated rings. The van der Waals surface area contributed by atoms with Crippen LogP contribution in [-0.2, 0) is 6.42 Å². The number of hydrogen-bond donors (Lipinski definition) is 0. The molecular formula is C33H38BrP. The summed E-state index contributed by atoms with van der Waals surface area (Å²) in [4.78, 5) is 0. The molecule has 4 rings (SSSR count). The molecule has 0 aliphatic heterocycles. The summed E-state index contributed by atoms with van der Waals surface area (Å²) in [6.07, 6.45) is 10.6. The number of aryl methyl sites for hydroxylation is 1. The van der Waals surface area contributed by atoms with Gasteiger partial charge in [-0.05, 0) is 0 Å². The monoisotopic (exact) mass is 544 g/mol. The van der Waals surface area contributed by atoms with Gasteiger partial charge in [0, 0.05) is 0 Å². The van der Waals surface area contributed by atoms with Gasteiger partial charge in [0.1, 0.15) is 0 Å². The number of benzene rings is 4. The van der Waals surface area contributed by atoms with Crippen LogP contribution in [0.2, 0.25) is 0 Å². The predicted molar refractivity (Wildman–Crippen MR) is 162 cm³/mol. The van der Waals surface area contributed by atoms with E-state index >= 15 is 0 Å². The summed E-state index contributed by atoms with van der Waals surface area (Å²) >= 11 is 4.57. The van der Waals surface area contributed by atoms with Gasteiger partial charge < -0.3 is 0 Å². The fourth-order valence-electron chi connectivity index (χ4n) is 5.25. The Kier molecular flexibility index (Phi) is 8.99. The van der Waals surface area contributed by atoms with Crippen molar-refractivity contribution >= 4 is 42.0 Å². The molecule has 0 amide bonds. The number of hydrogen-bond acceptors (Lipinski definition) is 0. The standard InChI is InChI=1S/C33H38BrP/c1-2-3-4-5-6-7-11-18-29-25-27-33(28-26-29)35(34,30-19-12-8-13-20-30,31-21-14-9-15-22-31)32-23-16-10-17-24-32/h8-10,12-17,19-28H,2-7,11,18H2,1H3. The van der Waals surface area contributed by atoms with Crippen molar-refractivity contribution in [2.75, 3.05) is 0 Å². The van der Waals surface area contributed by atoms with Gasteiger partial charge in [-0.25, -0.2) is 0 Å². The molecule has 4 aromatic carbocycles. The minimum atomic E-state index is -3.09. The first-order valence-electron chi connectivity index (χ1n) is 13.2. The molecule has 0 N–H and O–H groups in total. The van der Waals surface area contributed by atoms with Gasteiger partial charge in [0.2, 0.25) is 0 Å². The van der Waals surface area contributed by atoms with Gasteiger partial charge in [0.15, 0.2) is 0 Å². The number of halogens is 1. The van der Waals surface area contributed by atoms with Crippen LogP contribution in [0.3, 0.4) is 0 Å². The third kappa shape index (κ3) is 5.32. The molecule has 182 valence electrons. The van der Waals surface area contributed by atoms with E-state index in [-0.39, 0.29) is 0 Å². The van der Waals surface area contributed by atoms with Crippen molar-refractivity contribution in [3.8, 4) is 0 Å². The summed E-state index contributed by atoms with van der Waals surface area (Å²) in [6, 6.07) is 42.6. The molecule has 0 heterocycles. The van der Waals surface area contributed by atoms with Crippen LogP contribution in [0.4, 0.5) is 0 Å². The number of unbranched alkanes of at least 4 members (excludes halogenated alkanes) is 6. The number of rotatable bonds is 12. The van der Waals surface area contributed by atoms with Crippen molar-refractivity contribution < 1.29 is 0 Å². The molecule has 0 spiro atoms. The van der Waals surface area contributed by atoms with Gasteiger partial charge in [0.05, 0.1) is 0 Å². The Morgan fingerprint density at radius 3 is 1.26 bits per heavy atom. The average Bonchev–Trinajstić information content (AvgIpc) is 2.94. The second-order valence-corrected chi connectivity index (χ2v) is 17.9. The molecule has 0 aromatic heterocycles. The van der Waals surface area contributed by atoms with Crippen molar-refractivity contribution in [3.05, 3.63) is 121 Å². The van der Waals surface area contributed by atoms with E-state index in [9.17, 15) is 0 Å². The van der Waals surface area contributed by atoms with Crippen molar-refractivity contribution in [2.24, 2.45) is 0 Å². The van der Waals surface area contributed by atoms with Gasteiger partial charge in [0.25, 0.3) is 0 Å². The van der Waals surface area contributed by atoms with E-state index in [1.54, 1.807) is 0 Å². The van der Waals surface area contributed by atoms with Crippen LogP contribution in [0.25, 0.3) is 0 Å². The molecule has 0 aliphatic rings. The fourth-order valence-corrected chi connectivity index (χ4v) is 12.8. The molecule has 0 nitrogen and oxygen atoms in total. The summed E-state index contributed by atoms with van der Waals surface area (Å²) in [5.41, 5.74) is 1.44. The van der Waals surface area contributed by atoms with Crippen LogP contribution in [0.1, 0.15) is 57.4 Å². The zero-order chi connectivity index (χ0) is 24.4. The normalized spacial score (nSPS) is 12.7. The molecule has 0 radical (unpaired) electrons. The summed E-state index contributed by atoms with van der Waals surface area (Å²) < 4.78 is 0. The Balaban J connectivity index is 1.72. The molecule has 2 heteroatoms. The van der Waals surface area contributed by atoms with E-state index in [0.717, 1.165) is 6.42 Å². The first-order valence-corrected chi connectivity index (χ1v) is 17.4. The Labute approximate surface area is 220 Å². The van der Waals surface area contributed by atoms with Crippen LogP contribution in [0, 0.1) is 0 Å². The van der Waals surface area contributed by atoms with E-state index in [0.29, 0.717) is 0 Å². The van der Waals surface area contributed by atoms with E-state index in [1.807, 2.05) is 0 Å². The summed E-state index contributed by atoms with van der Waals surface area (Å²) in [5.74, 6) is 0. The second kappa shape index (κ2) is 12.2. The average molecular weight is 546 g/mol. The maximum atomic E-state index is 4.57. The minimum absolute atomic E-state index is 1.16. The van der Waals surface area contributed by atoms with Crippen LogP contribution in [0.5, 0.6) is 0 Å². The van der Waals surface area contributed by atoms with Gasteiger partial charge >= 0.3 is 214 Å². The molecule has 4 aromatic rings. The third-order valence-corrected chi connectivity index (χ3v) is 17.2. The molecule has 35 heavy (non-hydrogen) atoms. The Morgan fingerprint density at radius 1 is 0.457 bits per heavy atom. The summed E-state index contributed by atoms with van der Waals surface area (Å²) in [5, 5.41) is 2.25. The van der Waals surface area contributed by atoms with E-state index < -0.39 is 5.31 Å². The van der Waals surface area contributed by atoms with Crippen LogP contribution < -0.4 is 21.2 Å². The van der Waals surface area contributed by atoms with Crippen LogP contribution in [-0.4, -0.2) is 0 Å². The summed E-state index contributed by atoms with van der Waals surface area (Å²) in [6.45, 7) is 2.28. The van der Waals surface area contributed by atoms with Gasteiger partial charge in [-0.3, -0.25) is 0 Å². The van der Waals surface area contributed by atoms with E-state index in [2.05, 4.69) is 138 Å². The van der Waals surface area contributed by atoms with Crippen LogP contribution in [0.15, 0.2) is 115 Å². The van der Waals surface area contributed by atoms with Crippen molar-refractivity contribution in [2.45, 2.75) is 58.3 Å². The Morgan fingerprint density at radius 2 is 0.829 bits per heavy atom. The first-order chi connectivity index (χ1) is 17.2. The van der Waals surface area contributed by atoms with Crippen molar-refractivity contribution in [3.63, 3.8) is 0 Å². The zero-order valence-corrected chi connectivity index (χ0v) is 23.4. The molecule has 0 unspecified atom stereocenters. The maximum absolute atomic E-state index is 4.57. The van der Waals surface area contributed by atoms with Gasteiger partial charge in [-0.2, -0.15) is 0 Å². The SMILES string of the molecule is CCCCCCCCCc1ccc(P(Br)(c2ccccc2)(c2ccccc2)c2ccccc2)cc1. The third-order valence-electron chi connectivity index (χ3n) is 7.21. The van der Waals surface area contributed by atoms with Gasteiger partial charge in [-0.15, -0.1) is 0 Å². The topological polar surface area (TPSA) is 0 Å². The molecular weight excluding hydrogens is 507 g/mol. The fraction of sp³-hybridized carbons (Fsp3) is 0.273. The van der Waals surface area contributed by atoms with E-state index in [4.69, 9.17) is 0 Å². The molecule has 0 saturated carbocycles. The molecule has 0 atom stereocenters. The summed E-state index contributed by atoms with van der Waals surface area (Å²) in [7, 11) is 0. The zero-order valence-electron chi connectivity index (χ0n) is 21.0. The predicted octanol–water partition coefficient (Wildman–Crippen LogP) is 8.44. The molecule has 0 aliphatic carbocycles. The van der Waals surface area contributed by atoms with Crippen molar-refractivity contribution in [1.29, 1.82) is 0 Å². The molecule has 0 bridgehead atoms. The van der Waals surface area contributed by atoms with Gasteiger partial charge in [-0.1, -0.05) is 6.92 Å². The van der Waals surface area contributed by atoms with Crippen molar-refractivity contribution in [1.82, 2.24) is 0 Å².